The summed E-state index contributed by atoms with van der Waals surface area (Å²) in [5.74, 6) is -0.825. The maximum Gasteiger partial charge on any atom is 0.240 e. The zero-order valence-corrected chi connectivity index (χ0v) is 15.4. The van der Waals surface area contributed by atoms with E-state index in [1.54, 1.807) is 42.5 Å². The highest BCUT2D eigenvalue weighted by Gasteiger charge is 2.56. The van der Waals surface area contributed by atoms with Crippen LogP contribution in [0.2, 0.25) is 10.0 Å². The lowest BCUT2D eigenvalue weighted by Crippen LogP contribution is -2.35. The molecule has 26 heavy (non-hydrogen) atoms. The van der Waals surface area contributed by atoms with Gasteiger partial charge in [0.25, 0.3) is 0 Å². The van der Waals surface area contributed by atoms with Crippen LogP contribution in [-0.2, 0) is 9.59 Å². The Labute approximate surface area is 160 Å². The van der Waals surface area contributed by atoms with Gasteiger partial charge in [-0.3, -0.25) is 14.4 Å². The Hall–Kier alpha value is -2.37. The number of ketones is 1. The predicted molar refractivity (Wildman–Crippen MR) is 102 cm³/mol. The van der Waals surface area contributed by atoms with Gasteiger partial charge < -0.3 is 10.6 Å². The zero-order valence-electron chi connectivity index (χ0n) is 13.9. The van der Waals surface area contributed by atoms with E-state index in [0.29, 0.717) is 39.8 Å². The highest BCUT2D eigenvalue weighted by atomic mass is 35.5. The summed E-state index contributed by atoms with van der Waals surface area (Å²) in [6.45, 7) is 1.47. The maximum absolute atomic E-state index is 12.6. The molecule has 1 fully saturated rings. The first-order valence-corrected chi connectivity index (χ1v) is 8.76. The second kappa shape index (κ2) is 7.09. The van der Waals surface area contributed by atoms with E-state index in [1.165, 1.54) is 6.92 Å². The van der Waals surface area contributed by atoms with Crippen LogP contribution >= 0.6 is 23.2 Å². The average Bonchev–Trinajstić information content (AvgIpc) is 3.36. The highest BCUT2D eigenvalue weighted by molar-refractivity contribution is 6.35. The fourth-order valence-corrected chi connectivity index (χ4v) is 3.12. The number of hydrogen-bond donors (Lipinski definition) is 2. The molecule has 2 aromatic rings. The quantitative estimate of drug-likeness (QED) is 0.580. The van der Waals surface area contributed by atoms with Gasteiger partial charge in [-0.2, -0.15) is 0 Å². The SMILES string of the molecule is CC(=O)c1ccc(NC(=O)C2(C(=O)Nc3cc(Cl)cc(Cl)c3)CC2)cc1. The zero-order chi connectivity index (χ0) is 18.9. The van der Waals surface area contributed by atoms with Gasteiger partial charge in [0, 0.05) is 27.0 Å². The summed E-state index contributed by atoms with van der Waals surface area (Å²) in [4.78, 5) is 36.5. The van der Waals surface area contributed by atoms with E-state index in [2.05, 4.69) is 10.6 Å². The van der Waals surface area contributed by atoms with E-state index in [-0.39, 0.29) is 11.7 Å². The number of benzene rings is 2. The molecule has 3 rings (SSSR count). The molecule has 0 atom stereocenters. The van der Waals surface area contributed by atoms with Crippen LogP contribution in [0.4, 0.5) is 11.4 Å². The molecule has 1 aliphatic rings. The van der Waals surface area contributed by atoms with E-state index in [4.69, 9.17) is 23.2 Å². The molecule has 0 unspecified atom stereocenters. The molecule has 0 radical (unpaired) electrons. The summed E-state index contributed by atoms with van der Waals surface area (Å²) in [5.41, 5.74) is 0.426. The minimum Gasteiger partial charge on any atom is -0.325 e. The third-order valence-corrected chi connectivity index (χ3v) is 4.73. The second-order valence-electron chi connectivity index (χ2n) is 6.28. The van der Waals surface area contributed by atoms with Crippen LogP contribution in [0.15, 0.2) is 42.5 Å². The number of rotatable bonds is 5. The van der Waals surface area contributed by atoms with E-state index >= 15 is 0 Å². The molecule has 7 heteroatoms. The lowest BCUT2D eigenvalue weighted by Gasteiger charge is -2.16. The molecule has 0 heterocycles. The first-order chi connectivity index (χ1) is 12.3. The molecule has 1 saturated carbocycles. The molecule has 5 nitrogen and oxygen atoms in total. The molecule has 2 amide bonds. The largest absolute Gasteiger partial charge is 0.325 e. The van der Waals surface area contributed by atoms with Crippen molar-refractivity contribution in [3.63, 3.8) is 0 Å². The lowest BCUT2D eigenvalue weighted by molar-refractivity contribution is -0.131. The maximum atomic E-state index is 12.6. The minimum absolute atomic E-state index is 0.0545. The standard InChI is InChI=1S/C19H16Cl2N2O3/c1-11(24)12-2-4-15(5-3-12)22-17(25)19(6-7-19)18(26)23-16-9-13(20)8-14(21)10-16/h2-5,8-10H,6-7H2,1H3,(H,22,25)(H,23,26). The molecule has 0 bridgehead atoms. The third kappa shape index (κ3) is 3.89. The van der Waals surface area contributed by atoms with Gasteiger partial charge in [0.05, 0.1) is 0 Å². The van der Waals surface area contributed by atoms with Gasteiger partial charge in [0.1, 0.15) is 5.41 Å². The normalized spacial score (nSPS) is 14.4. The van der Waals surface area contributed by atoms with Crippen molar-refractivity contribution in [3.8, 4) is 0 Å². The fourth-order valence-electron chi connectivity index (χ4n) is 2.60. The number of carbonyl (C=O) groups excluding carboxylic acids is 3. The van der Waals surface area contributed by atoms with E-state index < -0.39 is 11.3 Å². The Balaban J connectivity index is 1.70. The van der Waals surface area contributed by atoms with Gasteiger partial charge in [0.15, 0.2) is 5.78 Å². The van der Waals surface area contributed by atoms with Crippen LogP contribution in [0.5, 0.6) is 0 Å². The predicted octanol–water partition coefficient (Wildman–Crippen LogP) is 4.55. The van der Waals surface area contributed by atoms with Gasteiger partial charge in [-0.1, -0.05) is 23.2 Å². The summed E-state index contributed by atoms with van der Waals surface area (Å²) in [6.07, 6.45) is 0.926. The third-order valence-electron chi connectivity index (χ3n) is 4.29. The van der Waals surface area contributed by atoms with Crippen molar-refractivity contribution in [2.45, 2.75) is 19.8 Å². The second-order valence-corrected chi connectivity index (χ2v) is 7.15. The van der Waals surface area contributed by atoms with Crippen molar-refractivity contribution in [1.29, 1.82) is 0 Å². The first-order valence-electron chi connectivity index (χ1n) is 8.00. The van der Waals surface area contributed by atoms with Crippen molar-refractivity contribution >= 4 is 52.2 Å². The number of Topliss-reactive ketones (excluding diaryl/α,β-unsaturated/α-hetero) is 1. The number of anilines is 2. The Morgan fingerprint density at radius 1 is 0.846 bits per heavy atom. The average molecular weight is 391 g/mol. The van der Waals surface area contributed by atoms with Crippen LogP contribution in [0.3, 0.4) is 0 Å². The molecular formula is C19H16Cl2N2O3. The number of amides is 2. The van der Waals surface area contributed by atoms with Crippen molar-refractivity contribution in [2.75, 3.05) is 10.6 Å². The number of carbonyl (C=O) groups is 3. The van der Waals surface area contributed by atoms with Crippen LogP contribution in [-0.4, -0.2) is 17.6 Å². The highest BCUT2D eigenvalue weighted by Crippen LogP contribution is 2.47. The summed E-state index contributed by atoms with van der Waals surface area (Å²) in [5, 5.41) is 6.23. The molecule has 0 saturated heterocycles. The number of hydrogen-bond acceptors (Lipinski definition) is 3. The fraction of sp³-hybridized carbons (Fsp3) is 0.211. The van der Waals surface area contributed by atoms with Crippen LogP contribution < -0.4 is 10.6 Å². The molecule has 0 aliphatic heterocycles. The van der Waals surface area contributed by atoms with Crippen molar-refractivity contribution in [1.82, 2.24) is 0 Å². The van der Waals surface area contributed by atoms with Crippen LogP contribution in [0, 0.1) is 5.41 Å². The Morgan fingerprint density at radius 2 is 1.35 bits per heavy atom. The van der Waals surface area contributed by atoms with E-state index in [0.717, 1.165) is 0 Å². The number of halogens is 2. The number of nitrogens with one attached hydrogen (secondary N) is 2. The summed E-state index contributed by atoms with van der Waals surface area (Å²) < 4.78 is 0. The van der Waals surface area contributed by atoms with Crippen LogP contribution in [0.1, 0.15) is 30.1 Å². The minimum atomic E-state index is -1.10. The molecule has 0 aromatic heterocycles. The van der Waals surface area contributed by atoms with Gasteiger partial charge in [-0.05, 0) is 62.2 Å². The van der Waals surface area contributed by atoms with Gasteiger partial charge >= 0.3 is 0 Å². The Bertz CT molecular complexity index is 870. The van der Waals surface area contributed by atoms with Crippen LogP contribution in [0.25, 0.3) is 0 Å². The van der Waals surface area contributed by atoms with Crippen molar-refractivity contribution in [3.05, 3.63) is 58.1 Å². The monoisotopic (exact) mass is 390 g/mol. The summed E-state index contributed by atoms with van der Waals surface area (Å²) in [7, 11) is 0. The Kier molecular flexibility index (Phi) is 5.03. The molecule has 134 valence electrons. The topological polar surface area (TPSA) is 75.3 Å². The lowest BCUT2D eigenvalue weighted by atomic mass is 10.0. The Morgan fingerprint density at radius 3 is 1.81 bits per heavy atom. The summed E-state index contributed by atoms with van der Waals surface area (Å²) >= 11 is 11.9. The molecular weight excluding hydrogens is 375 g/mol. The molecule has 2 aromatic carbocycles. The molecule has 1 aliphatic carbocycles. The van der Waals surface area contributed by atoms with E-state index in [9.17, 15) is 14.4 Å². The van der Waals surface area contributed by atoms with Gasteiger partial charge in [-0.25, -0.2) is 0 Å². The van der Waals surface area contributed by atoms with Crippen molar-refractivity contribution < 1.29 is 14.4 Å². The van der Waals surface area contributed by atoms with Crippen molar-refractivity contribution in [2.24, 2.45) is 5.41 Å². The molecule has 0 spiro atoms. The molecule has 2 N–H and O–H groups in total. The summed E-state index contributed by atoms with van der Waals surface area (Å²) in [6, 6.07) is 11.2. The van der Waals surface area contributed by atoms with Gasteiger partial charge in [-0.15, -0.1) is 0 Å². The van der Waals surface area contributed by atoms with E-state index in [1.807, 2.05) is 0 Å². The first kappa shape index (κ1) is 18.4. The smallest absolute Gasteiger partial charge is 0.240 e. The van der Waals surface area contributed by atoms with Gasteiger partial charge in [0.2, 0.25) is 11.8 Å².